The SMILES string of the molecule is COc1ccc(NC(=O)N2CCN(c3ccc(NC(=O)Nc4cc(F)ccc4OC)cn3)CC2)c(C)c1. The maximum absolute atomic E-state index is 13.5. The summed E-state index contributed by atoms with van der Waals surface area (Å²) in [5.74, 6) is 1.33. The third-order valence-corrected chi connectivity index (χ3v) is 5.98. The van der Waals surface area contributed by atoms with Crippen LogP contribution in [0.25, 0.3) is 0 Å². The molecular weight excluding hydrogens is 479 g/mol. The first kappa shape index (κ1) is 25.5. The van der Waals surface area contributed by atoms with Gasteiger partial charge in [-0.25, -0.2) is 19.0 Å². The zero-order valence-corrected chi connectivity index (χ0v) is 20.9. The summed E-state index contributed by atoms with van der Waals surface area (Å²) in [6.07, 6.45) is 1.54. The monoisotopic (exact) mass is 508 g/mol. The summed E-state index contributed by atoms with van der Waals surface area (Å²) in [5.41, 5.74) is 2.36. The van der Waals surface area contributed by atoms with Crippen LogP contribution >= 0.6 is 0 Å². The molecule has 1 aliphatic heterocycles. The van der Waals surface area contributed by atoms with Crippen molar-refractivity contribution < 1.29 is 23.5 Å². The van der Waals surface area contributed by atoms with E-state index in [0.717, 1.165) is 22.8 Å². The largest absolute Gasteiger partial charge is 0.497 e. The number of aromatic nitrogens is 1. The van der Waals surface area contributed by atoms with E-state index in [1.807, 2.05) is 25.1 Å². The number of hydrogen-bond donors (Lipinski definition) is 3. The average Bonchev–Trinajstić information content (AvgIpc) is 2.90. The van der Waals surface area contributed by atoms with Crippen molar-refractivity contribution in [3.63, 3.8) is 0 Å². The Morgan fingerprint density at radius 2 is 1.68 bits per heavy atom. The molecule has 1 fully saturated rings. The Hall–Kier alpha value is -4.54. The average molecular weight is 509 g/mol. The summed E-state index contributed by atoms with van der Waals surface area (Å²) in [4.78, 5) is 33.4. The van der Waals surface area contributed by atoms with Gasteiger partial charge in [0, 0.05) is 37.9 Å². The number of carbonyl (C=O) groups is 2. The molecule has 2 heterocycles. The minimum absolute atomic E-state index is 0.152. The topological polar surface area (TPSA) is 108 Å². The first-order valence-electron chi connectivity index (χ1n) is 11.7. The Morgan fingerprint density at radius 3 is 2.32 bits per heavy atom. The van der Waals surface area contributed by atoms with Gasteiger partial charge >= 0.3 is 12.1 Å². The molecule has 194 valence electrons. The van der Waals surface area contributed by atoms with Gasteiger partial charge < -0.3 is 35.2 Å². The highest BCUT2D eigenvalue weighted by Gasteiger charge is 2.22. The van der Waals surface area contributed by atoms with E-state index in [4.69, 9.17) is 9.47 Å². The molecule has 11 heteroatoms. The molecule has 37 heavy (non-hydrogen) atoms. The number of ether oxygens (including phenoxy) is 2. The first-order chi connectivity index (χ1) is 17.9. The highest BCUT2D eigenvalue weighted by molar-refractivity contribution is 6.00. The van der Waals surface area contributed by atoms with E-state index in [0.29, 0.717) is 37.6 Å². The lowest BCUT2D eigenvalue weighted by Crippen LogP contribution is -2.50. The van der Waals surface area contributed by atoms with Crippen LogP contribution in [0.2, 0.25) is 0 Å². The second kappa shape index (κ2) is 11.5. The van der Waals surface area contributed by atoms with E-state index in [2.05, 4.69) is 25.8 Å². The van der Waals surface area contributed by atoms with Crippen molar-refractivity contribution in [2.75, 3.05) is 61.2 Å². The molecule has 0 saturated carbocycles. The fourth-order valence-electron chi connectivity index (χ4n) is 3.95. The molecule has 0 aliphatic carbocycles. The third kappa shape index (κ3) is 6.37. The number of amides is 4. The molecule has 1 aromatic heterocycles. The molecule has 1 aliphatic rings. The van der Waals surface area contributed by atoms with Crippen molar-refractivity contribution in [2.24, 2.45) is 0 Å². The lowest BCUT2D eigenvalue weighted by molar-refractivity contribution is 0.208. The number of rotatable bonds is 6. The van der Waals surface area contributed by atoms with Crippen LogP contribution in [0.5, 0.6) is 11.5 Å². The molecule has 4 amide bonds. The van der Waals surface area contributed by atoms with Crippen molar-refractivity contribution in [1.82, 2.24) is 9.88 Å². The maximum Gasteiger partial charge on any atom is 0.323 e. The summed E-state index contributed by atoms with van der Waals surface area (Å²) < 4.78 is 23.9. The van der Waals surface area contributed by atoms with Crippen molar-refractivity contribution in [1.29, 1.82) is 0 Å². The molecule has 0 unspecified atom stereocenters. The Bertz CT molecular complexity index is 1260. The number of methoxy groups -OCH3 is 2. The van der Waals surface area contributed by atoms with E-state index in [-0.39, 0.29) is 11.7 Å². The number of nitrogens with one attached hydrogen (secondary N) is 3. The predicted octanol–water partition coefficient (Wildman–Crippen LogP) is 4.54. The molecule has 1 saturated heterocycles. The molecule has 3 aromatic rings. The van der Waals surface area contributed by atoms with Crippen LogP contribution in [0.4, 0.5) is 36.9 Å². The minimum Gasteiger partial charge on any atom is -0.497 e. The van der Waals surface area contributed by atoms with E-state index in [1.54, 1.807) is 30.3 Å². The Morgan fingerprint density at radius 1 is 0.892 bits per heavy atom. The number of carbonyl (C=O) groups excluding carboxylic acids is 2. The number of pyridine rings is 1. The molecule has 0 radical (unpaired) electrons. The fraction of sp³-hybridized carbons (Fsp3) is 0.269. The Kier molecular flexibility index (Phi) is 7.92. The summed E-state index contributed by atoms with van der Waals surface area (Å²) >= 11 is 0. The van der Waals surface area contributed by atoms with Crippen LogP contribution in [-0.4, -0.2) is 62.3 Å². The predicted molar refractivity (Wildman–Crippen MR) is 140 cm³/mol. The van der Waals surface area contributed by atoms with Gasteiger partial charge in [-0.3, -0.25) is 0 Å². The number of halogens is 1. The number of benzene rings is 2. The van der Waals surface area contributed by atoms with Gasteiger partial charge in [0.15, 0.2) is 0 Å². The summed E-state index contributed by atoms with van der Waals surface area (Å²) in [6.45, 7) is 4.24. The second-order valence-electron chi connectivity index (χ2n) is 8.41. The van der Waals surface area contributed by atoms with E-state index in [1.165, 1.54) is 25.3 Å². The van der Waals surface area contributed by atoms with Crippen molar-refractivity contribution in [3.8, 4) is 11.5 Å². The van der Waals surface area contributed by atoms with Crippen molar-refractivity contribution in [3.05, 3.63) is 66.1 Å². The highest BCUT2D eigenvalue weighted by Crippen LogP contribution is 2.25. The lowest BCUT2D eigenvalue weighted by Gasteiger charge is -2.35. The summed E-state index contributed by atoms with van der Waals surface area (Å²) in [7, 11) is 3.04. The summed E-state index contributed by atoms with van der Waals surface area (Å²) in [6, 6.07) is 12.2. The van der Waals surface area contributed by atoms with Crippen LogP contribution in [0.15, 0.2) is 54.7 Å². The van der Waals surface area contributed by atoms with Gasteiger partial charge in [-0.1, -0.05) is 0 Å². The van der Waals surface area contributed by atoms with Gasteiger partial charge in [0.25, 0.3) is 0 Å². The van der Waals surface area contributed by atoms with Crippen LogP contribution in [0, 0.1) is 12.7 Å². The van der Waals surface area contributed by atoms with E-state index in [9.17, 15) is 14.0 Å². The van der Waals surface area contributed by atoms with Crippen LogP contribution in [0.3, 0.4) is 0 Å². The number of piperazine rings is 1. The molecule has 0 atom stereocenters. The number of anilines is 4. The third-order valence-electron chi connectivity index (χ3n) is 5.98. The molecule has 0 bridgehead atoms. The van der Waals surface area contributed by atoms with Gasteiger partial charge in [0.2, 0.25) is 0 Å². The maximum atomic E-state index is 13.5. The van der Waals surface area contributed by atoms with Crippen LogP contribution in [-0.2, 0) is 0 Å². The van der Waals surface area contributed by atoms with Crippen LogP contribution in [0.1, 0.15) is 5.56 Å². The Balaban J connectivity index is 1.28. The number of nitrogens with zero attached hydrogens (tertiary/aromatic N) is 3. The van der Waals surface area contributed by atoms with Crippen molar-refractivity contribution >= 4 is 34.9 Å². The lowest BCUT2D eigenvalue weighted by atomic mass is 10.2. The van der Waals surface area contributed by atoms with Gasteiger partial charge in [0.1, 0.15) is 23.1 Å². The second-order valence-corrected chi connectivity index (χ2v) is 8.41. The van der Waals surface area contributed by atoms with Gasteiger partial charge in [-0.2, -0.15) is 0 Å². The van der Waals surface area contributed by atoms with Gasteiger partial charge in [-0.15, -0.1) is 0 Å². The smallest absolute Gasteiger partial charge is 0.323 e. The van der Waals surface area contributed by atoms with Gasteiger partial charge in [0.05, 0.1) is 31.8 Å². The summed E-state index contributed by atoms with van der Waals surface area (Å²) in [5, 5.41) is 8.20. The van der Waals surface area contributed by atoms with Gasteiger partial charge in [-0.05, 0) is 55.0 Å². The van der Waals surface area contributed by atoms with Crippen LogP contribution < -0.4 is 30.3 Å². The molecule has 2 aromatic carbocycles. The molecule has 4 rings (SSSR count). The van der Waals surface area contributed by atoms with Crippen molar-refractivity contribution in [2.45, 2.75) is 6.92 Å². The fourth-order valence-corrected chi connectivity index (χ4v) is 3.95. The Labute approximate surface area is 214 Å². The minimum atomic E-state index is -0.551. The number of urea groups is 2. The zero-order valence-electron chi connectivity index (χ0n) is 20.9. The van der Waals surface area contributed by atoms with E-state index < -0.39 is 11.8 Å². The highest BCUT2D eigenvalue weighted by atomic mass is 19.1. The molecule has 3 N–H and O–H groups in total. The molecule has 10 nitrogen and oxygen atoms in total. The number of hydrogen-bond acceptors (Lipinski definition) is 6. The van der Waals surface area contributed by atoms with E-state index >= 15 is 0 Å². The molecular formula is C26H29FN6O4. The number of aryl methyl sites for hydroxylation is 1. The quantitative estimate of drug-likeness (QED) is 0.451. The zero-order chi connectivity index (χ0) is 26.4. The first-order valence-corrected chi connectivity index (χ1v) is 11.7. The standard InChI is InChI=1S/C26H29FN6O4/c1-17-14-20(36-2)6-7-21(17)31-26(35)33-12-10-32(11-13-33)24-9-5-19(16-28-24)29-25(34)30-22-15-18(27)4-8-23(22)37-3/h4-9,14-16H,10-13H2,1-3H3,(H,31,35)(H2,29,30,34). The normalized spacial score (nSPS) is 13.1. The molecule has 0 spiro atoms.